The van der Waals surface area contributed by atoms with Gasteiger partial charge in [0.1, 0.15) is 0 Å². The molecule has 0 unspecified atom stereocenters. The Kier molecular flexibility index (Phi) is 62.6. The van der Waals surface area contributed by atoms with Gasteiger partial charge in [0.25, 0.3) is 0 Å². The van der Waals surface area contributed by atoms with Gasteiger partial charge in [-0.25, -0.2) is 0 Å². The van der Waals surface area contributed by atoms with Crippen LogP contribution in [0.2, 0.25) is 0 Å². The highest BCUT2D eigenvalue weighted by Crippen LogP contribution is 2.19. The van der Waals surface area contributed by atoms with Crippen molar-refractivity contribution in [2.24, 2.45) is 0 Å². The largest absolute Gasteiger partial charge is 0.400 e. The van der Waals surface area contributed by atoms with E-state index in [4.69, 9.17) is 24.3 Å². The lowest BCUT2D eigenvalue weighted by Gasteiger charge is -2.24. The third-order valence-corrected chi connectivity index (χ3v) is 15.8. The summed E-state index contributed by atoms with van der Waals surface area (Å²) < 4.78 is 0. The number of hydrogen-bond donors (Lipinski definition) is 5. The van der Waals surface area contributed by atoms with Gasteiger partial charge >= 0.3 is 12.3 Å². The maximum atomic E-state index is 8.12. The Morgan fingerprint density at radius 3 is 0.728 bits per heavy atom. The molecule has 6 aliphatic heterocycles. The number of hydrogen-bond acceptors (Lipinski definition) is 13. The fourth-order valence-corrected chi connectivity index (χ4v) is 11.0. The van der Waals surface area contributed by atoms with Crippen LogP contribution in [0.4, 0.5) is 0 Å². The average molecular weight is 1470 g/mol. The molecule has 0 saturated carbocycles. The number of carbonyl (C=O) groups excluding carboxylic acids is 4. The second-order valence-electron chi connectivity index (χ2n) is 21.9. The molecule has 0 radical (unpaired) electrons. The predicted octanol–water partition coefficient (Wildman–Crippen LogP) is 18.4. The van der Waals surface area contributed by atoms with Crippen LogP contribution in [0, 0.1) is 0 Å². The van der Waals surface area contributed by atoms with Crippen LogP contribution in [-0.2, 0) is 97.0 Å². The quantitative estimate of drug-likeness (QED) is 0.0911. The van der Waals surface area contributed by atoms with E-state index in [1.165, 1.54) is 140 Å². The summed E-state index contributed by atoms with van der Waals surface area (Å²) >= 11 is 2.94. The Bertz CT molecular complexity index is 3150. The summed E-state index contributed by atoms with van der Waals surface area (Å²) in [5.74, 6) is 1.81. The number of pyridine rings is 2. The summed E-state index contributed by atoms with van der Waals surface area (Å²) in [5, 5.41) is 25.3. The Morgan fingerprint density at radius 2 is 0.505 bits per heavy atom. The molecule has 0 saturated heterocycles. The van der Waals surface area contributed by atoms with E-state index in [2.05, 4.69) is 241 Å². The maximum Gasteiger partial charge on any atom is 0.373 e. The molecule has 14 heteroatoms. The number of rotatable bonds is 0. The fourth-order valence-electron chi connectivity index (χ4n) is 11.0. The smallest absolute Gasteiger partial charge is 0.373 e. The van der Waals surface area contributed by atoms with Crippen LogP contribution in [0.15, 0.2) is 231 Å². The monoisotopic (exact) mass is 1460 g/mol. The van der Waals surface area contributed by atoms with Crippen molar-refractivity contribution in [1.29, 1.82) is 0 Å². The average Bonchev–Trinajstić information content (AvgIpc) is 0.880. The molecule has 103 heavy (non-hydrogen) atoms. The highest BCUT2D eigenvalue weighted by Gasteiger charge is 2.13. The lowest BCUT2D eigenvalue weighted by Crippen LogP contribution is -2.26. The van der Waals surface area contributed by atoms with Gasteiger partial charge in [-0.05, 0) is 185 Å². The molecule has 2 aromatic heterocycles. The van der Waals surface area contributed by atoms with Crippen molar-refractivity contribution in [3.05, 3.63) is 298 Å². The van der Waals surface area contributed by atoms with E-state index in [1.54, 1.807) is 0 Å². The third kappa shape index (κ3) is 40.3. The van der Waals surface area contributed by atoms with Crippen molar-refractivity contribution < 1.29 is 24.3 Å². The zero-order valence-corrected chi connectivity index (χ0v) is 65.5. The molecular formula is C89H125BrN8O5. The van der Waals surface area contributed by atoms with E-state index in [0.29, 0.717) is 0 Å². The van der Waals surface area contributed by atoms with Crippen LogP contribution in [0.25, 0.3) is 21.5 Å². The lowest BCUT2D eigenvalue weighted by atomic mass is 10.0. The van der Waals surface area contributed by atoms with Crippen molar-refractivity contribution in [3.8, 4) is 0 Å². The van der Waals surface area contributed by atoms with Crippen LogP contribution in [0.3, 0.4) is 0 Å². The summed E-state index contributed by atoms with van der Waals surface area (Å²) in [6.07, 6.45) is 15.0. The van der Waals surface area contributed by atoms with Gasteiger partial charge in [0, 0.05) is 84.3 Å². The summed E-state index contributed by atoms with van der Waals surface area (Å²) in [7, 11) is 5.35. The molecular weight excluding hydrogens is 1340 g/mol. The van der Waals surface area contributed by atoms with Gasteiger partial charge in [-0.2, -0.15) is 19.2 Å². The number of halogens is 1. The molecule has 0 spiro atoms. The normalized spacial score (nSPS) is 12.7. The van der Waals surface area contributed by atoms with Gasteiger partial charge in [0.2, 0.25) is 0 Å². The Hall–Kier alpha value is -8.46. The number of aliphatic hydroxyl groups is 1. The molecule has 0 amide bonds. The SMILES string of the molecule is C.CBr.CC.CC.CC.CC.CC.CN1CCc2ccccc2C1.CN1CCc2ccccc2C1.CO.O=C=O.O=C=O.c1ccc2c(c1)CCNC2.c1ccc2c(c1)CCNC2.c1ccc2c(c1)CCNC2.c1ccc2c(c1)CCNC2.c1ccc2cnccc2c1.c1ccc2cnccc2c1. The number of alkyl halides is 1. The number of aromatic nitrogens is 2. The van der Waals surface area contributed by atoms with Crippen molar-refractivity contribution in [1.82, 2.24) is 41.0 Å². The Morgan fingerprint density at radius 1 is 0.311 bits per heavy atom. The van der Waals surface area contributed by atoms with Gasteiger partial charge in [-0.1, -0.05) is 287 Å². The maximum absolute atomic E-state index is 8.12. The summed E-state index contributed by atoms with van der Waals surface area (Å²) in [5.41, 5.74) is 18.0. The minimum absolute atomic E-state index is 0. The zero-order valence-electron chi connectivity index (χ0n) is 63.9. The highest BCUT2D eigenvalue weighted by atomic mass is 79.9. The first kappa shape index (κ1) is 96.6. The number of nitrogens with zero attached hydrogens (tertiary/aromatic N) is 4. The Balaban J connectivity index is 0. The topological polar surface area (TPSA) is 169 Å². The molecule has 558 valence electrons. The van der Waals surface area contributed by atoms with Gasteiger partial charge in [0.05, 0.1) is 0 Å². The second kappa shape index (κ2) is 66.8. The van der Waals surface area contributed by atoms with E-state index in [9.17, 15) is 0 Å². The highest BCUT2D eigenvalue weighted by molar-refractivity contribution is 9.08. The molecule has 0 aliphatic carbocycles. The lowest BCUT2D eigenvalue weighted by molar-refractivity contribution is -0.193. The van der Waals surface area contributed by atoms with Crippen molar-refractivity contribution in [3.63, 3.8) is 0 Å². The number of nitrogens with one attached hydrogen (secondary N) is 4. The molecule has 0 fully saturated rings. The van der Waals surface area contributed by atoms with Crippen LogP contribution in [0.1, 0.15) is 143 Å². The molecule has 8 heterocycles. The first-order valence-corrected chi connectivity index (χ1v) is 37.9. The van der Waals surface area contributed by atoms with Crippen LogP contribution >= 0.6 is 15.9 Å². The first-order chi connectivity index (χ1) is 50.3. The number of likely N-dealkylation sites (N-methyl/N-ethyl adjacent to an activating group) is 2. The summed E-state index contributed by atoms with van der Waals surface area (Å²) in [6.45, 7) is 33.4. The predicted molar refractivity (Wildman–Crippen MR) is 440 cm³/mol. The van der Waals surface area contributed by atoms with Crippen LogP contribution in [-0.4, -0.2) is 103 Å². The number of fused-ring (bicyclic) bond motifs is 8. The fraction of sp³-hybridized carbons (Fsp3) is 0.371. The molecule has 16 rings (SSSR count). The molecule has 8 aromatic carbocycles. The standard InChI is InChI=1S/2C10H13N.4C9H11N.2C9H7N.5C2H6.CH3Br.2CO2.CH4O.CH4/c2*1-11-7-6-9-4-2-3-5-10(9)8-11;6*1-2-4-9-7-10-6-5-8(9)3-1;6*1-2;2*2-1-3;1-2;/h2*2-5H,6-8H2,1H3;4*1-4,10H,5-7H2;2*1-7H;5*1-2H3;1H3;;;2H,1H3;1H4. The molecule has 0 atom stereocenters. The molecule has 6 aliphatic rings. The van der Waals surface area contributed by atoms with Crippen molar-refractivity contribution in [2.75, 3.05) is 66.3 Å². The molecule has 5 N–H and O–H groups in total. The second-order valence-corrected chi connectivity index (χ2v) is 21.9. The molecule has 0 bridgehead atoms. The van der Waals surface area contributed by atoms with Gasteiger partial charge in [-0.15, -0.1) is 0 Å². The first-order valence-electron chi connectivity index (χ1n) is 36.3. The van der Waals surface area contributed by atoms with E-state index in [-0.39, 0.29) is 19.7 Å². The zero-order chi connectivity index (χ0) is 75.6. The number of aliphatic hydroxyl groups excluding tert-OH is 1. The number of benzene rings is 8. The van der Waals surface area contributed by atoms with Crippen molar-refractivity contribution >= 4 is 49.8 Å². The van der Waals surface area contributed by atoms with E-state index < -0.39 is 0 Å². The van der Waals surface area contributed by atoms with Crippen LogP contribution in [0.5, 0.6) is 0 Å². The van der Waals surface area contributed by atoms with E-state index >= 15 is 0 Å². The minimum Gasteiger partial charge on any atom is -0.400 e. The summed E-state index contributed by atoms with van der Waals surface area (Å²) in [6, 6.07) is 72.4. The summed E-state index contributed by atoms with van der Waals surface area (Å²) in [4.78, 5) is 45.3. The minimum atomic E-state index is 0. The van der Waals surface area contributed by atoms with Gasteiger partial charge < -0.3 is 36.2 Å². The van der Waals surface area contributed by atoms with Crippen LogP contribution < -0.4 is 21.3 Å². The Labute approximate surface area is 629 Å². The van der Waals surface area contributed by atoms with Crippen molar-refractivity contribution in [2.45, 2.75) is 154 Å². The van der Waals surface area contributed by atoms with Gasteiger partial charge in [-0.3, -0.25) is 9.97 Å². The van der Waals surface area contributed by atoms with E-state index in [0.717, 1.165) is 72.6 Å². The third-order valence-electron chi connectivity index (χ3n) is 15.8. The van der Waals surface area contributed by atoms with E-state index in [1.807, 2.05) is 136 Å². The molecule has 13 nitrogen and oxygen atoms in total. The van der Waals surface area contributed by atoms with Gasteiger partial charge in [0.15, 0.2) is 0 Å². The molecule has 10 aromatic rings.